The van der Waals surface area contributed by atoms with Crippen LogP contribution in [0.25, 0.3) is 0 Å². The monoisotopic (exact) mass is 283 g/mol. The highest BCUT2D eigenvalue weighted by atomic mass is 35.5. The second-order valence-electron chi connectivity index (χ2n) is 4.27. The van der Waals surface area contributed by atoms with E-state index in [4.69, 9.17) is 11.6 Å². The molecule has 1 atom stereocenters. The third-order valence-corrected chi connectivity index (χ3v) is 4.46. The van der Waals surface area contributed by atoms with Gasteiger partial charge in [0.2, 0.25) is 0 Å². The van der Waals surface area contributed by atoms with E-state index < -0.39 is 0 Å². The van der Waals surface area contributed by atoms with Gasteiger partial charge in [-0.1, -0.05) is 18.2 Å². The van der Waals surface area contributed by atoms with Gasteiger partial charge in [-0.25, -0.2) is 9.37 Å². The fourth-order valence-corrected chi connectivity index (χ4v) is 3.11. The molecule has 0 aliphatic rings. The lowest BCUT2D eigenvalue weighted by Gasteiger charge is -2.14. The Kier molecular flexibility index (Phi) is 4.72. The average Bonchev–Trinajstić information content (AvgIpc) is 2.78. The van der Waals surface area contributed by atoms with Crippen LogP contribution in [0.3, 0.4) is 0 Å². The van der Waals surface area contributed by atoms with Gasteiger partial charge >= 0.3 is 0 Å². The van der Waals surface area contributed by atoms with Crippen molar-refractivity contribution in [1.29, 1.82) is 0 Å². The zero-order valence-corrected chi connectivity index (χ0v) is 11.8. The Labute approximate surface area is 116 Å². The van der Waals surface area contributed by atoms with Crippen LogP contribution < -0.4 is 0 Å². The van der Waals surface area contributed by atoms with E-state index in [0.29, 0.717) is 5.88 Å². The summed E-state index contributed by atoms with van der Waals surface area (Å²) in [6, 6.07) is 6.88. The summed E-state index contributed by atoms with van der Waals surface area (Å²) in [7, 11) is 0. The summed E-state index contributed by atoms with van der Waals surface area (Å²) in [5, 5.41) is 0. The van der Waals surface area contributed by atoms with E-state index in [1.165, 1.54) is 10.9 Å². The van der Waals surface area contributed by atoms with E-state index >= 15 is 0 Å². The third kappa shape index (κ3) is 3.09. The molecule has 1 aromatic carbocycles. The molecule has 0 bridgehead atoms. The number of thiazole rings is 1. The lowest BCUT2D eigenvalue weighted by molar-refractivity contribution is 0.576. The van der Waals surface area contributed by atoms with Crippen molar-refractivity contribution >= 4 is 22.9 Å². The number of alkyl halides is 1. The zero-order chi connectivity index (χ0) is 13.0. The second-order valence-corrected chi connectivity index (χ2v) is 5.52. The molecule has 1 aromatic heterocycles. The van der Waals surface area contributed by atoms with E-state index in [2.05, 4.69) is 4.98 Å². The van der Waals surface area contributed by atoms with E-state index in [0.717, 1.165) is 24.1 Å². The van der Waals surface area contributed by atoms with Crippen molar-refractivity contribution in [2.75, 3.05) is 5.88 Å². The molecular weight excluding hydrogens is 269 g/mol. The van der Waals surface area contributed by atoms with Gasteiger partial charge < -0.3 is 0 Å². The van der Waals surface area contributed by atoms with Crippen molar-refractivity contribution in [3.05, 3.63) is 51.7 Å². The van der Waals surface area contributed by atoms with Crippen LogP contribution in [0, 0.1) is 12.7 Å². The lowest BCUT2D eigenvalue weighted by atomic mass is 9.95. The highest BCUT2D eigenvalue weighted by molar-refractivity contribution is 7.09. The number of nitrogens with zero attached hydrogens (tertiary/aromatic N) is 1. The molecule has 0 spiro atoms. The molecule has 0 fully saturated rings. The summed E-state index contributed by atoms with van der Waals surface area (Å²) in [6.07, 6.45) is 1.76. The fraction of sp³-hybridized carbons (Fsp3) is 0.357. The smallest absolute Gasteiger partial charge is 0.126 e. The minimum Gasteiger partial charge on any atom is -0.250 e. The van der Waals surface area contributed by atoms with Gasteiger partial charge in [-0.2, -0.15) is 0 Å². The Morgan fingerprint density at radius 2 is 2.17 bits per heavy atom. The summed E-state index contributed by atoms with van der Waals surface area (Å²) in [6.45, 7) is 2.00. The Balaban J connectivity index is 2.07. The number of rotatable bonds is 5. The standard InChI is InChI=1S/C14H15ClFNS/c1-10-14(18-9-17-10)7-6-11(8-15)12-4-2-3-5-13(12)16/h2-5,9,11H,6-8H2,1H3. The molecular formula is C14H15ClFNS. The van der Waals surface area contributed by atoms with Gasteiger partial charge in [0.25, 0.3) is 0 Å². The number of benzene rings is 1. The summed E-state index contributed by atoms with van der Waals surface area (Å²) in [4.78, 5) is 5.49. The Hall–Kier alpha value is -0.930. The molecule has 0 aliphatic heterocycles. The van der Waals surface area contributed by atoms with Gasteiger partial charge in [-0.05, 0) is 31.4 Å². The maximum Gasteiger partial charge on any atom is 0.126 e. The van der Waals surface area contributed by atoms with Crippen LogP contribution in [-0.2, 0) is 6.42 Å². The van der Waals surface area contributed by atoms with E-state index in [1.54, 1.807) is 17.4 Å². The van der Waals surface area contributed by atoms with Crippen molar-refractivity contribution in [1.82, 2.24) is 4.98 Å². The summed E-state index contributed by atoms with van der Waals surface area (Å²) in [5.41, 5.74) is 3.64. The van der Waals surface area contributed by atoms with Crippen molar-refractivity contribution in [2.45, 2.75) is 25.7 Å². The maximum absolute atomic E-state index is 13.7. The Morgan fingerprint density at radius 1 is 1.39 bits per heavy atom. The Morgan fingerprint density at radius 3 is 2.78 bits per heavy atom. The number of aromatic nitrogens is 1. The largest absolute Gasteiger partial charge is 0.250 e. The SMILES string of the molecule is Cc1ncsc1CCC(CCl)c1ccccc1F. The van der Waals surface area contributed by atoms with Gasteiger partial charge in [0.1, 0.15) is 5.82 Å². The molecule has 1 heterocycles. The van der Waals surface area contributed by atoms with Gasteiger partial charge in [0.05, 0.1) is 11.2 Å². The van der Waals surface area contributed by atoms with Crippen LogP contribution in [0.1, 0.15) is 28.5 Å². The van der Waals surface area contributed by atoms with Gasteiger partial charge in [-0.3, -0.25) is 0 Å². The first-order valence-electron chi connectivity index (χ1n) is 5.91. The van der Waals surface area contributed by atoms with Crippen LogP contribution in [0.2, 0.25) is 0 Å². The molecule has 96 valence electrons. The first kappa shape index (κ1) is 13.5. The predicted octanol–water partition coefficient (Wildman–Crippen LogP) is 4.55. The van der Waals surface area contributed by atoms with E-state index in [9.17, 15) is 4.39 Å². The Bertz CT molecular complexity index is 512. The molecule has 18 heavy (non-hydrogen) atoms. The number of halogens is 2. The summed E-state index contributed by atoms with van der Waals surface area (Å²) < 4.78 is 13.7. The highest BCUT2D eigenvalue weighted by Gasteiger charge is 2.15. The molecule has 0 amide bonds. The van der Waals surface area contributed by atoms with Crippen molar-refractivity contribution in [3.8, 4) is 0 Å². The van der Waals surface area contributed by atoms with Crippen LogP contribution in [-0.4, -0.2) is 10.9 Å². The maximum atomic E-state index is 13.7. The molecule has 1 unspecified atom stereocenters. The van der Waals surface area contributed by atoms with Crippen molar-refractivity contribution < 1.29 is 4.39 Å². The average molecular weight is 284 g/mol. The predicted molar refractivity (Wildman–Crippen MR) is 75.0 cm³/mol. The topological polar surface area (TPSA) is 12.9 Å². The molecule has 2 aromatic rings. The number of aryl methyl sites for hydroxylation is 2. The first-order chi connectivity index (χ1) is 8.72. The highest BCUT2D eigenvalue weighted by Crippen LogP contribution is 2.27. The molecule has 4 heteroatoms. The van der Waals surface area contributed by atoms with Crippen LogP contribution in [0.4, 0.5) is 4.39 Å². The minimum absolute atomic E-state index is 0.0642. The summed E-state index contributed by atoms with van der Waals surface area (Å²) >= 11 is 7.63. The van der Waals surface area contributed by atoms with Crippen LogP contribution in [0.5, 0.6) is 0 Å². The van der Waals surface area contributed by atoms with Gasteiger partial charge in [-0.15, -0.1) is 22.9 Å². The molecule has 0 N–H and O–H groups in total. The second kappa shape index (κ2) is 6.30. The van der Waals surface area contributed by atoms with Gasteiger partial charge in [0, 0.05) is 16.7 Å². The minimum atomic E-state index is -0.163. The lowest BCUT2D eigenvalue weighted by Crippen LogP contribution is -2.05. The van der Waals surface area contributed by atoms with Crippen LogP contribution >= 0.6 is 22.9 Å². The van der Waals surface area contributed by atoms with Crippen LogP contribution in [0.15, 0.2) is 29.8 Å². The fourth-order valence-electron chi connectivity index (χ4n) is 1.99. The van der Waals surface area contributed by atoms with E-state index in [1.807, 2.05) is 24.6 Å². The third-order valence-electron chi connectivity index (χ3n) is 3.10. The van der Waals surface area contributed by atoms with Crippen molar-refractivity contribution in [2.24, 2.45) is 0 Å². The van der Waals surface area contributed by atoms with Gasteiger partial charge in [0.15, 0.2) is 0 Å². The normalized spacial score (nSPS) is 12.6. The quantitative estimate of drug-likeness (QED) is 0.734. The first-order valence-corrected chi connectivity index (χ1v) is 7.33. The van der Waals surface area contributed by atoms with E-state index in [-0.39, 0.29) is 11.7 Å². The molecule has 0 saturated carbocycles. The number of hydrogen-bond acceptors (Lipinski definition) is 2. The number of hydrogen-bond donors (Lipinski definition) is 0. The molecule has 0 saturated heterocycles. The van der Waals surface area contributed by atoms with Crippen molar-refractivity contribution in [3.63, 3.8) is 0 Å². The summed E-state index contributed by atoms with van der Waals surface area (Å²) in [5.74, 6) is 0.345. The molecule has 1 nitrogen and oxygen atoms in total. The zero-order valence-electron chi connectivity index (χ0n) is 10.2. The molecule has 0 radical (unpaired) electrons. The molecule has 2 rings (SSSR count). The molecule has 0 aliphatic carbocycles.